The largest absolute Gasteiger partial charge is 0.506 e. The van der Waals surface area contributed by atoms with E-state index < -0.39 is 6.03 Å². The zero-order valence-corrected chi connectivity index (χ0v) is 15.2. The Labute approximate surface area is 149 Å². The number of benzene rings is 1. The van der Waals surface area contributed by atoms with Crippen molar-refractivity contribution in [1.82, 2.24) is 15.5 Å². The molecule has 0 spiro atoms. The van der Waals surface area contributed by atoms with Gasteiger partial charge >= 0.3 is 6.03 Å². The van der Waals surface area contributed by atoms with Crippen LogP contribution in [0.3, 0.4) is 0 Å². The van der Waals surface area contributed by atoms with Gasteiger partial charge in [0, 0.05) is 32.7 Å². The van der Waals surface area contributed by atoms with E-state index in [9.17, 15) is 14.7 Å². The van der Waals surface area contributed by atoms with Crippen molar-refractivity contribution in [3.8, 4) is 5.75 Å². The van der Waals surface area contributed by atoms with E-state index in [2.05, 4.69) is 15.5 Å². The van der Waals surface area contributed by atoms with Crippen molar-refractivity contribution in [3.63, 3.8) is 0 Å². The fourth-order valence-electron chi connectivity index (χ4n) is 2.80. The predicted octanol–water partition coefficient (Wildman–Crippen LogP) is 1.38. The van der Waals surface area contributed by atoms with E-state index in [-0.39, 0.29) is 17.7 Å². The summed E-state index contributed by atoms with van der Waals surface area (Å²) in [7, 11) is 0. The van der Waals surface area contributed by atoms with Crippen LogP contribution in [0, 0.1) is 5.92 Å². The molecule has 7 heteroatoms. The van der Waals surface area contributed by atoms with Crippen molar-refractivity contribution in [2.24, 2.45) is 5.92 Å². The van der Waals surface area contributed by atoms with Crippen LogP contribution in [0.25, 0.3) is 0 Å². The number of nitrogens with zero attached hydrogens (tertiary/aromatic N) is 2. The van der Waals surface area contributed by atoms with Crippen molar-refractivity contribution in [1.29, 1.82) is 0 Å². The molecular formula is C18H28N4O3. The van der Waals surface area contributed by atoms with Crippen molar-refractivity contribution < 1.29 is 14.7 Å². The van der Waals surface area contributed by atoms with Crippen LogP contribution >= 0.6 is 0 Å². The molecule has 1 fully saturated rings. The van der Waals surface area contributed by atoms with Gasteiger partial charge in [-0.25, -0.2) is 4.79 Å². The monoisotopic (exact) mass is 348 g/mol. The van der Waals surface area contributed by atoms with Crippen LogP contribution < -0.4 is 15.5 Å². The van der Waals surface area contributed by atoms with E-state index in [0.717, 1.165) is 18.8 Å². The average Bonchev–Trinajstić information content (AvgIpc) is 2.60. The Bertz CT molecular complexity index is 598. The predicted molar refractivity (Wildman–Crippen MR) is 97.7 cm³/mol. The van der Waals surface area contributed by atoms with Gasteiger partial charge < -0.3 is 15.3 Å². The summed E-state index contributed by atoms with van der Waals surface area (Å²) < 4.78 is 0. The maximum Gasteiger partial charge on any atom is 0.321 e. The van der Waals surface area contributed by atoms with Gasteiger partial charge in [-0.15, -0.1) is 0 Å². The third kappa shape index (κ3) is 5.35. The highest BCUT2D eigenvalue weighted by Gasteiger charge is 2.27. The minimum atomic E-state index is -0.446. The topological polar surface area (TPSA) is 84.9 Å². The van der Waals surface area contributed by atoms with Crippen LogP contribution in [0.15, 0.2) is 24.3 Å². The number of para-hydroxylation sites is 2. The van der Waals surface area contributed by atoms with Gasteiger partial charge in [-0.05, 0) is 25.0 Å². The number of amides is 3. The van der Waals surface area contributed by atoms with E-state index >= 15 is 0 Å². The first-order valence-electron chi connectivity index (χ1n) is 8.74. The summed E-state index contributed by atoms with van der Waals surface area (Å²) in [5.41, 5.74) is 0.812. The maximum absolute atomic E-state index is 12.2. The van der Waals surface area contributed by atoms with Gasteiger partial charge in [0.15, 0.2) is 0 Å². The standard InChI is InChI=1S/C18H28N4O3/c1-13(2)12-19-18(25)20-17(24)14(3)21-8-10-22(11-9-21)15-6-4-5-7-16(15)23/h4-7,13-14,23H,8-12H2,1-3H3,(H2,19,20,24,25). The second kappa shape index (κ2) is 8.71. The van der Waals surface area contributed by atoms with Crippen LogP contribution in [-0.4, -0.2) is 60.7 Å². The molecular weight excluding hydrogens is 320 g/mol. The number of piperazine rings is 1. The van der Waals surface area contributed by atoms with E-state index in [0.29, 0.717) is 25.6 Å². The molecule has 25 heavy (non-hydrogen) atoms. The number of urea groups is 1. The van der Waals surface area contributed by atoms with Crippen LogP contribution in [0.5, 0.6) is 5.75 Å². The quantitative estimate of drug-likeness (QED) is 0.749. The van der Waals surface area contributed by atoms with E-state index in [1.807, 2.05) is 30.9 Å². The fraction of sp³-hybridized carbons (Fsp3) is 0.556. The number of carbonyl (C=O) groups is 2. The molecule has 1 aromatic rings. The first kappa shape index (κ1) is 19.1. The first-order valence-corrected chi connectivity index (χ1v) is 8.74. The number of phenols is 1. The molecule has 0 bridgehead atoms. The van der Waals surface area contributed by atoms with Gasteiger partial charge in [-0.1, -0.05) is 26.0 Å². The van der Waals surface area contributed by atoms with Crippen LogP contribution in [0.4, 0.5) is 10.5 Å². The first-order chi connectivity index (χ1) is 11.9. The fourth-order valence-corrected chi connectivity index (χ4v) is 2.80. The Morgan fingerprint density at radius 3 is 2.36 bits per heavy atom. The Kier molecular flexibility index (Phi) is 6.64. The van der Waals surface area contributed by atoms with Crippen molar-refractivity contribution in [2.75, 3.05) is 37.6 Å². The van der Waals surface area contributed by atoms with Crippen LogP contribution in [-0.2, 0) is 4.79 Å². The summed E-state index contributed by atoms with van der Waals surface area (Å²) >= 11 is 0. The molecule has 1 unspecified atom stereocenters. The highest BCUT2D eigenvalue weighted by atomic mass is 16.3. The lowest BCUT2D eigenvalue weighted by Gasteiger charge is -2.38. The highest BCUT2D eigenvalue weighted by molar-refractivity contribution is 5.96. The summed E-state index contributed by atoms with van der Waals surface area (Å²) in [5.74, 6) is 0.307. The van der Waals surface area contributed by atoms with E-state index in [1.165, 1.54) is 0 Å². The molecule has 3 amide bonds. The summed E-state index contributed by atoms with van der Waals surface area (Å²) in [5, 5.41) is 15.0. The normalized spacial score (nSPS) is 16.6. The molecule has 1 atom stereocenters. The lowest BCUT2D eigenvalue weighted by molar-refractivity contribution is -0.124. The second-order valence-electron chi connectivity index (χ2n) is 6.78. The number of nitrogens with one attached hydrogen (secondary N) is 2. The molecule has 7 nitrogen and oxygen atoms in total. The Morgan fingerprint density at radius 2 is 1.76 bits per heavy atom. The molecule has 0 aromatic heterocycles. The third-order valence-corrected chi connectivity index (χ3v) is 4.37. The lowest BCUT2D eigenvalue weighted by atomic mass is 10.2. The van der Waals surface area contributed by atoms with Gasteiger partial charge in [0.2, 0.25) is 5.91 Å². The molecule has 0 aliphatic carbocycles. The highest BCUT2D eigenvalue weighted by Crippen LogP contribution is 2.27. The molecule has 2 rings (SSSR count). The molecule has 1 aliphatic rings. The Hall–Kier alpha value is -2.28. The number of hydrogen-bond acceptors (Lipinski definition) is 5. The molecule has 0 radical (unpaired) electrons. The number of aromatic hydroxyl groups is 1. The molecule has 1 heterocycles. The van der Waals surface area contributed by atoms with Crippen LogP contribution in [0.2, 0.25) is 0 Å². The molecule has 138 valence electrons. The number of rotatable bonds is 5. The van der Waals surface area contributed by atoms with E-state index in [4.69, 9.17) is 0 Å². The number of carbonyl (C=O) groups excluding carboxylic acids is 2. The lowest BCUT2D eigenvalue weighted by Crippen LogP contribution is -2.55. The molecule has 1 saturated heterocycles. The number of imide groups is 1. The maximum atomic E-state index is 12.2. The van der Waals surface area contributed by atoms with Gasteiger partial charge in [-0.2, -0.15) is 0 Å². The summed E-state index contributed by atoms with van der Waals surface area (Å²) in [4.78, 5) is 28.1. The van der Waals surface area contributed by atoms with Gasteiger partial charge in [0.25, 0.3) is 0 Å². The Balaban J connectivity index is 1.82. The Morgan fingerprint density at radius 1 is 1.12 bits per heavy atom. The third-order valence-electron chi connectivity index (χ3n) is 4.37. The molecule has 0 saturated carbocycles. The van der Waals surface area contributed by atoms with Crippen LogP contribution in [0.1, 0.15) is 20.8 Å². The minimum Gasteiger partial charge on any atom is -0.506 e. The van der Waals surface area contributed by atoms with Gasteiger partial charge in [-0.3, -0.25) is 15.0 Å². The average molecular weight is 348 g/mol. The van der Waals surface area contributed by atoms with E-state index in [1.54, 1.807) is 19.1 Å². The molecule has 1 aromatic carbocycles. The molecule has 1 aliphatic heterocycles. The zero-order chi connectivity index (χ0) is 18.4. The SMILES string of the molecule is CC(C)CNC(=O)NC(=O)C(C)N1CCN(c2ccccc2O)CC1. The number of hydrogen-bond donors (Lipinski definition) is 3. The molecule has 3 N–H and O–H groups in total. The minimum absolute atomic E-state index is 0.267. The number of phenolic OH excluding ortho intramolecular Hbond substituents is 1. The second-order valence-corrected chi connectivity index (χ2v) is 6.78. The summed E-state index contributed by atoms with van der Waals surface area (Å²) in [6.45, 7) is 9.15. The van der Waals surface area contributed by atoms with Gasteiger partial charge in [0.05, 0.1) is 11.7 Å². The zero-order valence-electron chi connectivity index (χ0n) is 15.2. The van der Waals surface area contributed by atoms with Crippen molar-refractivity contribution >= 4 is 17.6 Å². The van der Waals surface area contributed by atoms with Crippen molar-refractivity contribution in [2.45, 2.75) is 26.8 Å². The summed E-state index contributed by atoms with van der Waals surface area (Å²) in [6, 6.07) is 6.43. The number of anilines is 1. The van der Waals surface area contributed by atoms with Crippen molar-refractivity contribution in [3.05, 3.63) is 24.3 Å². The smallest absolute Gasteiger partial charge is 0.321 e. The summed E-state index contributed by atoms with van der Waals surface area (Å²) in [6.07, 6.45) is 0. The van der Waals surface area contributed by atoms with Gasteiger partial charge in [0.1, 0.15) is 5.75 Å².